The first-order chi connectivity index (χ1) is 13.4. The van der Waals surface area contributed by atoms with Crippen molar-refractivity contribution in [1.29, 1.82) is 0 Å². The van der Waals surface area contributed by atoms with Gasteiger partial charge >= 0.3 is 0 Å². The van der Waals surface area contributed by atoms with Gasteiger partial charge in [-0.15, -0.1) is 5.10 Å². The van der Waals surface area contributed by atoms with E-state index >= 15 is 0 Å². The van der Waals surface area contributed by atoms with Gasteiger partial charge in [0.15, 0.2) is 0 Å². The van der Waals surface area contributed by atoms with Crippen LogP contribution in [-0.2, 0) is 16.6 Å². The molecular weight excluding hydrogens is 383 g/mol. The summed E-state index contributed by atoms with van der Waals surface area (Å²) in [6, 6.07) is 10.9. The van der Waals surface area contributed by atoms with Crippen molar-refractivity contribution in [2.24, 2.45) is 5.92 Å². The van der Waals surface area contributed by atoms with Crippen molar-refractivity contribution >= 4 is 21.1 Å². The molecule has 7 nitrogen and oxygen atoms in total. The van der Waals surface area contributed by atoms with Crippen molar-refractivity contribution in [3.63, 3.8) is 0 Å². The van der Waals surface area contributed by atoms with Gasteiger partial charge in [-0.1, -0.05) is 30.0 Å². The van der Waals surface area contributed by atoms with Gasteiger partial charge in [-0.3, -0.25) is 0 Å². The van der Waals surface area contributed by atoms with Gasteiger partial charge in [0.2, 0.25) is 10.0 Å². The third kappa shape index (κ3) is 3.59. The first-order valence-electron chi connectivity index (χ1n) is 9.17. The molecule has 0 spiro atoms. The quantitative estimate of drug-likeness (QED) is 0.653. The molecule has 148 valence electrons. The van der Waals surface area contributed by atoms with E-state index < -0.39 is 10.0 Å². The lowest BCUT2D eigenvalue weighted by Crippen LogP contribution is -2.39. The van der Waals surface area contributed by atoms with Crippen LogP contribution >= 0.6 is 0 Å². The van der Waals surface area contributed by atoms with Gasteiger partial charge in [-0.05, 0) is 48.2 Å². The monoisotopic (exact) mass is 404 g/mol. The lowest BCUT2D eigenvalue weighted by atomic mass is 10.0. The lowest BCUT2D eigenvalue weighted by Gasteiger charge is -2.30. The van der Waals surface area contributed by atoms with Crippen LogP contribution in [0.2, 0.25) is 0 Å². The number of hydrogen-bond donors (Lipinski definition) is 0. The molecule has 2 aromatic carbocycles. The van der Waals surface area contributed by atoms with E-state index in [4.69, 9.17) is 4.84 Å². The zero-order chi connectivity index (χ0) is 19.7. The highest BCUT2D eigenvalue weighted by atomic mass is 32.2. The summed E-state index contributed by atoms with van der Waals surface area (Å²) in [5, 5.41) is 7.89. The largest absolute Gasteiger partial charge is 0.390 e. The van der Waals surface area contributed by atoms with Gasteiger partial charge in [0, 0.05) is 18.7 Å². The Kier molecular flexibility index (Phi) is 5.03. The van der Waals surface area contributed by atoms with Gasteiger partial charge in [-0.25, -0.2) is 12.8 Å². The zero-order valence-electron chi connectivity index (χ0n) is 15.5. The second-order valence-corrected chi connectivity index (χ2v) is 9.03. The second kappa shape index (κ2) is 7.48. The number of hydrogen-bond acceptors (Lipinski definition) is 5. The summed E-state index contributed by atoms with van der Waals surface area (Å²) in [4.78, 5) is 6.86. The molecule has 0 radical (unpaired) electrons. The molecular formula is C19H21FN4O3S. The molecule has 0 amide bonds. The summed E-state index contributed by atoms with van der Waals surface area (Å²) in [6.07, 6.45) is 1.89. The second-order valence-electron chi connectivity index (χ2n) is 7.09. The Hall–Kier alpha value is -2.52. The highest BCUT2D eigenvalue weighted by Gasteiger charge is 2.29. The topological polar surface area (TPSA) is 77.3 Å². The van der Waals surface area contributed by atoms with Gasteiger partial charge in [-0.2, -0.15) is 4.31 Å². The van der Waals surface area contributed by atoms with Crippen molar-refractivity contribution in [2.75, 3.05) is 13.1 Å². The van der Waals surface area contributed by atoms with Gasteiger partial charge in [0.05, 0.1) is 4.90 Å². The first-order valence-corrected chi connectivity index (χ1v) is 10.6. The Morgan fingerprint density at radius 2 is 2.07 bits per heavy atom. The maximum absolute atomic E-state index is 13.8. The molecule has 1 aromatic heterocycles. The van der Waals surface area contributed by atoms with E-state index in [2.05, 4.69) is 17.2 Å². The third-order valence-electron chi connectivity index (χ3n) is 4.94. The standard InChI is InChI=1S/C19H21FN4O3S/c1-14-5-4-10-23(12-14)28(25,26)16-8-9-18-19(11-16)24(22-21-18)27-13-15-6-2-3-7-17(15)20/h2-3,6-9,11,14H,4-5,10,12-13H2,1H3/t14-/m1/s1. The zero-order valence-corrected chi connectivity index (χ0v) is 16.3. The SMILES string of the molecule is C[C@@H]1CCCN(S(=O)(=O)c2ccc3nnn(OCc4ccccc4F)c3c2)C1. The number of aromatic nitrogens is 3. The van der Waals surface area contributed by atoms with Gasteiger partial charge in [0.1, 0.15) is 23.5 Å². The maximum Gasteiger partial charge on any atom is 0.243 e. The maximum atomic E-state index is 13.8. The van der Waals surface area contributed by atoms with E-state index in [9.17, 15) is 12.8 Å². The lowest BCUT2D eigenvalue weighted by molar-refractivity contribution is 0.0733. The molecule has 0 bridgehead atoms. The van der Waals surface area contributed by atoms with Crippen molar-refractivity contribution in [2.45, 2.75) is 31.3 Å². The molecule has 9 heteroatoms. The van der Waals surface area contributed by atoms with Crippen molar-refractivity contribution in [1.82, 2.24) is 19.5 Å². The molecule has 28 heavy (non-hydrogen) atoms. The Morgan fingerprint density at radius 1 is 1.25 bits per heavy atom. The minimum absolute atomic E-state index is 0.0499. The normalized spacial score (nSPS) is 18.4. The number of benzene rings is 2. The van der Waals surface area contributed by atoms with E-state index in [1.54, 1.807) is 24.3 Å². The Labute approximate surface area is 162 Å². The van der Waals surface area contributed by atoms with Crippen LogP contribution in [0.1, 0.15) is 25.3 Å². The highest BCUT2D eigenvalue weighted by Crippen LogP contribution is 2.25. The highest BCUT2D eigenvalue weighted by molar-refractivity contribution is 7.89. The van der Waals surface area contributed by atoms with E-state index in [1.807, 2.05) is 0 Å². The Morgan fingerprint density at radius 3 is 2.86 bits per heavy atom. The van der Waals surface area contributed by atoms with Crippen LogP contribution in [0.5, 0.6) is 0 Å². The molecule has 1 aliphatic rings. The summed E-state index contributed by atoms with van der Waals surface area (Å²) in [7, 11) is -3.61. The summed E-state index contributed by atoms with van der Waals surface area (Å²) >= 11 is 0. The average molecular weight is 404 g/mol. The predicted octanol–water partition coefficient (Wildman–Crippen LogP) is 2.62. The smallest absolute Gasteiger partial charge is 0.243 e. The number of sulfonamides is 1. The van der Waals surface area contributed by atoms with Crippen LogP contribution in [0.25, 0.3) is 11.0 Å². The average Bonchev–Trinajstić information content (AvgIpc) is 3.10. The summed E-state index contributed by atoms with van der Waals surface area (Å²) in [5.41, 5.74) is 1.29. The van der Waals surface area contributed by atoms with Crippen LogP contribution in [0.3, 0.4) is 0 Å². The molecule has 2 heterocycles. The van der Waals surface area contributed by atoms with Crippen molar-refractivity contribution in [3.8, 4) is 0 Å². The fourth-order valence-corrected chi connectivity index (χ4v) is 5.01. The van der Waals surface area contributed by atoms with Crippen LogP contribution in [-0.4, -0.2) is 41.0 Å². The number of halogens is 1. The molecule has 1 saturated heterocycles. The minimum atomic E-state index is -3.61. The molecule has 0 N–H and O–H groups in total. The van der Waals surface area contributed by atoms with E-state index in [0.29, 0.717) is 35.6 Å². The van der Waals surface area contributed by atoms with Gasteiger partial charge < -0.3 is 4.84 Å². The van der Waals surface area contributed by atoms with E-state index in [0.717, 1.165) is 17.7 Å². The third-order valence-corrected chi connectivity index (χ3v) is 6.81. The number of piperidine rings is 1. The molecule has 3 aromatic rings. The molecule has 1 atom stereocenters. The molecule has 0 saturated carbocycles. The van der Waals surface area contributed by atoms with Crippen molar-refractivity contribution < 1.29 is 17.6 Å². The van der Waals surface area contributed by atoms with E-state index in [1.165, 1.54) is 22.5 Å². The van der Waals surface area contributed by atoms with Crippen LogP contribution in [0, 0.1) is 11.7 Å². The molecule has 1 aliphatic heterocycles. The number of fused-ring (bicyclic) bond motifs is 1. The van der Waals surface area contributed by atoms with Gasteiger partial charge in [0.25, 0.3) is 0 Å². The van der Waals surface area contributed by atoms with Crippen molar-refractivity contribution in [3.05, 3.63) is 53.8 Å². The molecule has 1 fully saturated rings. The Balaban J connectivity index is 1.62. The fourth-order valence-electron chi connectivity index (χ4n) is 3.39. The minimum Gasteiger partial charge on any atom is -0.390 e. The summed E-state index contributed by atoms with van der Waals surface area (Å²) < 4.78 is 41.3. The van der Waals surface area contributed by atoms with Crippen LogP contribution in [0.15, 0.2) is 47.4 Å². The van der Waals surface area contributed by atoms with Crippen LogP contribution < -0.4 is 4.84 Å². The molecule has 0 unspecified atom stereocenters. The summed E-state index contributed by atoms with van der Waals surface area (Å²) in [5.74, 6) is -0.0436. The summed E-state index contributed by atoms with van der Waals surface area (Å²) in [6.45, 7) is 3.04. The molecule has 4 rings (SSSR count). The first kappa shape index (κ1) is 18.8. The van der Waals surface area contributed by atoms with E-state index in [-0.39, 0.29) is 17.3 Å². The Bertz CT molecular complexity index is 1100. The fraction of sp³-hybridized carbons (Fsp3) is 0.368. The predicted molar refractivity (Wildman–Crippen MR) is 101 cm³/mol. The number of rotatable bonds is 5. The number of nitrogens with zero attached hydrogens (tertiary/aromatic N) is 4. The van der Waals surface area contributed by atoms with Crippen LogP contribution in [0.4, 0.5) is 4.39 Å². The molecule has 0 aliphatic carbocycles.